The number of hydrogen-bond acceptors (Lipinski definition) is 2. The zero-order valence-corrected chi connectivity index (χ0v) is 13.5. The van der Waals surface area contributed by atoms with Crippen molar-refractivity contribution in [3.8, 4) is 0 Å². The van der Waals surface area contributed by atoms with Crippen LogP contribution < -0.4 is 5.32 Å². The molecular formula is C17H26ClNO. The molecule has 1 aliphatic heterocycles. The molecule has 0 saturated carbocycles. The molecule has 0 bridgehead atoms. The van der Waals surface area contributed by atoms with Gasteiger partial charge in [-0.1, -0.05) is 45.0 Å². The number of rotatable bonds is 5. The van der Waals surface area contributed by atoms with E-state index < -0.39 is 0 Å². The van der Waals surface area contributed by atoms with E-state index in [9.17, 15) is 0 Å². The van der Waals surface area contributed by atoms with Crippen LogP contribution in [0.5, 0.6) is 0 Å². The van der Waals surface area contributed by atoms with Gasteiger partial charge < -0.3 is 10.1 Å². The van der Waals surface area contributed by atoms with Gasteiger partial charge in [-0.2, -0.15) is 0 Å². The minimum absolute atomic E-state index is 0.165. The molecule has 2 rings (SSSR count). The van der Waals surface area contributed by atoms with E-state index in [1.807, 2.05) is 0 Å². The first-order chi connectivity index (χ1) is 9.46. The topological polar surface area (TPSA) is 21.3 Å². The lowest BCUT2D eigenvalue weighted by Gasteiger charge is -2.27. The number of alkyl halides is 1. The van der Waals surface area contributed by atoms with Crippen molar-refractivity contribution in [3.63, 3.8) is 0 Å². The Balaban J connectivity index is 1.81. The van der Waals surface area contributed by atoms with Crippen molar-refractivity contribution in [1.29, 1.82) is 0 Å². The molecular weight excluding hydrogens is 270 g/mol. The Morgan fingerprint density at radius 2 is 2.10 bits per heavy atom. The van der Waals surface area contributed by atoms with Gasteiger partial charge in [0.15, 0.2) is 0 Å². The maximum atomic E-state index is 6.38. The van der Waals surface area contributed by atoms with Crippen molar-refractivity contribution >= 4 is 11.6 Å². The summed E-state index contributed by atoms with van der Waals surface area (Å²) in [5, 5.41) is 3.64. The lowest BCUT2D eigenvalue weighted by atomic mass is 9.90. The predicted molar refractivity (Wildman–Crippen MR) is 85.4 cm³/mol. The number of fused-ring (bicyclic) bond motifs is 1. The monoisotopic (exact) mass is 295 g/mol. The predicted octanol–water partition coefficient (Wildman–Crippen LogP) is 3.93. The van der Waals surface area contributed by atoms with Gasteiger partial charge in [-0.05, 0) is 29.4 Å². The van der Waals surface area contributed by atoms with Gasteiger partial charge in [0.1, 0.15) is 0 Å². The van der Waals surface area contributed by atoms with Gasteiger partial charge in [-0.25, -0.2) is 0 Å². The summed E-state index contributed by atoms with van der Waals surface area (Å²) in [6.07, 6.45) is 2.21. The summed E-state index contributed by atoms with van der Waals surface area (Å²) in [5.41, 5.74) is 3.03. The SMILES string of the molecule is CC(C)(C)CC(Cl)CNCC1OCCc2ccccc21. The van der Waals surface area contributed by atoms with Crippen molar-refractivity contribution in [2.24, 2.45) is 5.41 Å². The zero-order valence-electron chi connectivity index (χ0n) is 12.8. The van der Waals surface area contributed by atoms with E-state index in [1.54, 1.807) is 0 Å². The highest BCUT2D eigenvalue weighted by molar-refractivity contribution is 6.20. The van der Waals surface area contributed by atoms with Gasteiger partial charge in [0.25, 0.3) is 0 Å². The van der Waals surface area contributed by atoms with E-state index in [-0.39, 0.29) is 16.9 Å². The largest absolute Gasteiger partial charge is 0.372 e. The molecule has 0 fully saturated rings. The molecule has 0 spiro atoms. The molecule has 1 aromatic carbocycles. The third-order valence-electron chi connectivity index (χ3n) is 3.62. The molecule has 1 aromatic rings. The number of ether oxygens (including phenoxy) is 1. The van der Waals surface area contributed by atoms with Crippen LogP contribution in [0.1, 0.15) is 44.4 Å². The molecule has 1 aliphatic rings. The number of nitrogens with one attached hydrogen (secondary N) is 1. The maximum Gasteiger partial charge on any atom is 0.0952 e. The molecule has 0 aliphatic carbocycles. The van der Waals surface area contributed by atoms with Crippen LogP contribution in [0.15, 0.2) is 24.3 Å². The van der Waals surface area contributed by atoms with Crippen molar-refractivity contribution < 1.29 is 4.74 Å². The van der Waals surface area contributed by atoms with Crippen LogP contribution >= 0.6 is 11.6 Å². The molecule has 0 saturated heterocycles. The Morgan fingerprint density at radius 3 is 2.85 bits per heavy atom. The quantitative estimate of drug-likeness (QED) is 0.831. The second kappa shape index (κ2) is 6.93. The van der Waals surface area contributed by atoms with Crippen LogP contribution in [-0.4, -0.2) is 25.1 Å². The van der Waals surface area contributed by atoms with E-state index in [4.69, 9.17) is 16.3 Å². The number of hydrogen-bond donors (Lipinski definition) is 1. The van der Waals surface area contributed by atoms with Crippen LogP contribution in [0.4, 0.5) is 0 Å². The highest BCUT2D eigenvalue weighted by Gasteiger charge is 2.21. The average Bonchev–Trinajstić information content (AvgIpc) is 2.37. The summed E-state index contributed by atoms with van der Waals surface area (Å²) in [7, 11) is 0. The lowest BCUT2D eigenvalue weighted by Crippen LogP contribution is -2.32. The van der Waals surface area contributed by atoms with Crippen molar-refractivity contribution in [3.05, 3.63) is 35.4 Å². The number of benzene rings is 1. The standard InChI is InChI=1S/C17H26ClNO/c1-17(2,3)10-14(18)11-19-12-16-15-7-5-4-6-13(15)8-9-20-16/h4-7,14,16,19H,8-12H2,1-3H3. The van der Waals surface area contributed by atoms with Crippen molar-refractivity contribution in [2.45, 2.75) is 45.1 Å². The van der Waals surface area contributed by atoms with Gasteiger partial charge in [0.2, 0.25) is 0 Å². The normalized spacial score (nSPS) is 20.5. The second-order valence-corrected chi connectivity index (χ2v) is 7.45. The summed E-state index contributed by atoms with van der Waals surface area (Å²) >= 11 is 6.38. The van der Waals surface area contributed by atoms with E-state index in [0.29, 0.717) is 0 Å². The second-order valence-electron chi connectivity index (χ2n) is 6.83. The molecule has 0 aromatic heterocycles. The third-order valence-corrected chi connectivity index (χ3v) is 3.93. The summed E-state index contributed by atoms with van der Waals surface area (Å²) in [6.45, 7) is 9.16. The molecule has 1 heterocycles. The highest BCUT2D eigenvalue weighted by atomic mass is 35.5. The summed E-state index contributed by atoms with van der Waals surface area (Å²) < 4.78 is 5.88. The van der Waals surface area contributed by atoms with Crippen LogP contribution in [-0.2, 0) is 11.2 Å². The van der Waals surface area contributed by atoms with Gasteiger partial charge in [0, 0.05) is 18.5 Å². The summed E-state index contributed by atoms with van der Waals surface area (Å²) in [6, 6.07) is 8.57. The Hall–Kier alpha value is -0.570. The fourth-order valence-electron chi connectivity index (χ4n) is 2.75. The Bertz CT molecular complexity index is 427. The minimum atomic E-state index is 0.165. The van der Waals surface area contributed by atoms with Gasteiger partial charge in [-0.15, -0.1) is 11.6 Å². The highest BCUT2D eigenvalue weighted by Crippen LogP contribution is 2.26. The van der Waals surface area contributed by atoms with Crippen LogP contribution in [0, 0.1) is 5.41 Å². The summed E-state index contributed by atoms with van der Waals surface area (Å²) in [4.78, 5) is 0. The fourth-order valence-corrected chi connectivity index (χ4v) is 3.33. The lowest BCUT2D eigenvalue weighted by molar-refractivity contribution is 0.0426. The molecule has 2 atom stereocenters. The fraction of sp³-hybridized carbons (Fsp3) is 0.647. The Labute approximate surface area is 127 Å². The molecule has 2 unspecified atom stereocenters. The molecule has 0 radical (unpaired) electrons. The van der Waals surface area contributed by atoms with Crippen molar-refractivity contribution in [1.82, 2.24) is 5.32 Å². The van der Waals surface area contributed by atoms with E-state index in [0.717, 1.165) is 32.5 Å². The molecule has 2 nitrogen and oxygen atoms in total. The maximum absolute atomic E-state index is 6.38. The molecule has 0 amide bonds. The Morgan fingerprint density at radius 1 is 1.35 bits per heavy atom. The summed E-state index contributed by atoms with van der Waals surface area (Å²) in [5.74, 6) is 0. The molecule has 20 heavy (non-hydrogen) atoms. The zero-order chi connectivity index (χ0) is 14.6. The van der Waals surface area contributed by atoms with E-state index in [2.05, 4.69) is 50.4 Å². The molecule has 112 valence electrons. The third kappa shape index (κ3) is 4.76. The van der Waals surface area contributed by atoms with Gasteiger partial charge in [-0.3, -0.25) is 0 Å². The number of halogens is 1. The van der Waals surface area contributed by atoms with Gasteiger partial charge in [0.05, 0.1) is 12.7 Å². The Kier molecular flexibility index (Phi) is 5.48. The first-order valence-electron chi connectivity index (χ1n) is 7.50. The first kappa shape index (κ1) is 15.8. The molecule has 3 heteroatoms. The van der Waals surface area contributed by atoms with E-state index in [1.165, 1.54) is 11.1 Å². The van der Waals surface area contributed by atoms with E-state index >= 15 is 0 Å². The van der Waals surface area contributed by atoms with Crippen LogP contribution in [0.3, 0.4) is 0 Å². The first-order valence-corrected chi connectivity index (χ1v) is 7.93. The molecule has 1 N–H and O–H groups in total. The van der Waals surface area contributed by atoms with Crippen LogP contribution in [0.2, 0.25) is 0 Å². The smallest absolute Gasteiger partial charge is 0.0952 e. The van der Waals surface area contributed by atoms with Crippen LogP contribution in [0.25, 0.3) is 0 Å². The van der Waals surface area contributed by atoms with Gasteiger partial charge >= 0.3 is 0 Å². The van der Waals surface area contributed by atoms with Crippen molar-refractivity contribution in [2.75, 3.05) is 19.7 Å². The average molecular weight is 296 g/mol. The minimum Gasteiger partial charge on any atom is -0.372 e.